The van der Waals surface area contributed by atoms with Gasteiger partial charge in [0.25, 0.3) is 0 Å². The van der Waals surface area contributed by atoms with Gasteiger partial charge in [-0.15, -0.1) is 0 Å². The molecule has 1 aliphatic rings. The Morgan fingerprint density at radius 3 is 3.08 bits per heavy atom. The maximum absolute atomic E-state index is 8.76. The number of nitrogens with zero attached hydrogens (tertiary/aromatic N) is 4. The van der Waals surface area contributed by atoms with Crippen LogP contribution in [0.4, 0.5) is 0 Å². The summed E-state index contributed by atoms with van der Waals surface area (Å²) in [6.45, 7) is 2.96. The van der Waals surface area contributed by atoms with Crippen molar-refractivity contribution in [2.45, 2.75) is 25.9 Å². The summed E-state index contributed by atoms with van der Waals surface area (Å²) < 4.78 is 1.63. The topological polar surface area (TPSA) is 42.6 Å². The van der Waals surface area contributed by atoms with Crippen molar-refractivity contribution in [1.29, 1.82) is 5.26 Å². The Kier molecular flexibility index (Phi) is 3.35. The van der Waals surface area contributed by atoms with Gasteiger partial charge in [0.15, 0.2) is 0 Å². The highest BCUT2D eigenvalue weighted by Crippen LogP contribution is 2.15. The molecule has 1 atom stereocenters. The van der Waals surface area contributed by atoms with Crippen molar-refractivity contribution in [1.82, 2.24) is 8.93 Å². The predicted molar refractivity (Wildman–Crippen MR) is 50.3 cm³/mol. The maximum Gasteiger partial charge on any atom is 0.217 e. The van der Waals surface area contributed by atoms with Crippen LogP contribution in [0.5, 0.6) is 0 Å². The third-order valence-electron chi connectivity index (χ3n) is 1.68. The molecular weight excluding hydrogens is 220 g/mol. The van der Waals surface area contributed by atoms with Crippen molar-refractivity contribution in [3.05, 3.63) is 0 Å². The fourth-order valence-electron chi connectivity index (χ4n) is 0.991. The van der Waals surface area contributed by atoms with Gasteiger partial charge in [-0.25, -0.2) is 0 Å². The van der Waals surface area contributed by atoms with E-state index >= 15 is 0 Å². The molecule has 0 aromatic rings. The molecule has 1 aliphatic heterocycles. The molecule has 0 bridgehead atoms. The minimum atomic E-state index is -0.281. The van der Waals surface area contributed by atoms with Crippen LogP contribution in [-0.4, -0.2) is 28.0 Å². The first-order valence-corrected chi connectivity index (χ1v) is 4.65. The lowest BCUT2D eigenvalue weighted by atomic mass is 10.3. The van der Waals surface area contributed by atoms with E-state index in [9.17, 15) is 0 Å². The second-order valence-electron chi connectivity index (χ2n) is 2.59. The van der Waals surface area contributed by atoms with Crippen LogP contribution in [0.3, 0.4) is 0 Å². The number of hydrogen-bond acceptors (Lipinski definition) is 4. The fraction of sp³-hybridized carbons (Fsp3) is 0.714. The molecule has 1 unspecified atom stereocenters. The van der Waals surface area contributed by atoms with Crippen molar-refractivity contribution in [2.75, 3.05) is 6.54 Å². The first kappa shape index (κ1) is 9.33. The Labute approximate surface area is 80.8 Å². The summed E-state index contributed by atoms with van der Waals surface area (Å²) in [5, 5.41) is 14.6. The van der Waals surface area contributed by atoms with Gasteiger partial charge in [0.1, 0.15) is 12.4 Å². The van der Waals surface area contributed by atoms with Gasteiger partial charge in [0.2, 0.25) is 6.17 Å². The number of hydrogen-bond donors (Lipinski definition) is 0. The van der Waals surface area contributed by atoms with Crippen LogP contribution < -0.4 is 0 Å². The van der Waals surface area contributed by atoms with Crippen molar-refractivity contribution in [3.8, 4) is 6.07 Å². The van der Waals surface area contributed by atoms with Gasteiger partial charge in [0, 0.05) is 6.54 Å². The second kappa shape index (κ2) is 4.31. The molecular formula is C7H11BrN4. The Hall–Kier alpha value is -0.760. The number of hydrazone groups is 1. The molecule has 0 saturated carbocycles. The zero-order valence-corrected chi connectivity index (χ0v) is 8.53. The lowest BCUT2D eigenvalue weighted by molar-refractivity contribution is 0.225. The highest BCUT2D eigenvalue weighted by atomic mass is 79.9. The van der Waals surface area contributed by atoms with Crippen LogP contribution in [0, 0.1) is 11.3 Å². The molecule has 0 aromatic heterocycles. The van der Waals surface area contributed by atoms with E-state index in [4.69, 9.17) is 5.26 Å². The molecule has 0 aliphatic carbocycles. The zero-order chi connectivity index (χ0) is 8.97. The molecule has 4 nitrogen and oxygen atoms in total. The van der Waals surface area contributed by atoms with E-state index in [-0.39, 0.29) is 6.17 Å². The largest absolute Gasteiger partial charge is 0.261 e. The third-order valence-corrected chi connectivity index (χ3v) is 2.25. The summed E-state index contributed by atoms with van der Waals surface area (Å²) in [6.07, 6.45) is 3.52. The summed E-state index contributed by atoms with van der Waals surface area (Å²) in [7, 11) is 0. The van der Waals surface area contributed by atoms with Crippen molar-refractivity contribution in [3.63, 3.8) is 0 Å². The monoisotopic (exact) mass is 230 g/mol. The summed E-state index contributed by atoms with van der Waals surface area (Å²) in [6, 6.07) is 2.15. The Morgan fingerprint density at radius 2 is 2.50 bits per heavy atom. The molecule has 0 amide bonds. The van der Waals surface area contributed by atoms with Crippen LogP contribution in [-0.2, 0) is 0 Å². The zero-order valence-electron chi connectivity index (χ0n) is 6.94. The SMILES string of the molecule is CCCCN1N=CN(Br)C1C#N. The highest BCUT2D eigenvalue weighted by Gasteiger charge is 2.25. The first-order chi connectivity index (χ1) is 5.79. The maximum atomic E-state index is 8.76. The van der Waals surface area contributed by atoms with Crippen LogP contribution in [0.1, 0.15) is 19.8 Å². The second-order valence-corrected chi connectivity index (χ2v) is 3.41. The van der Waals surface area contributed by atoms with Crippen LogP contribution in [0.15, 0.2) is 5.10 Å². The van der Waals surface area contributed by atoms with Crippen LogP contribution in [0.25, 0.3) is 0 Å². The van der Waals surface area contributed by atoms with Gasteiger partial charge in [-0.1, -0.05) is 13.3 Å². The Bertz CT molecular complexity index is 210. The van der Waals surface area contributed by atoms with Gasteiger partial charge in [-0.05, 0) is 6.42 Å². The molecule has 0 saturated heterocycles. The lowest BCUT2D eigenvalue weighted by Crippen LogP contribution is -2.33. The quantitative estimate of drug-likeness (QED) is 0.691. The molecule has 66 valence electrons. The molecule has 1 rings (SSSR count). The summed E-state index contributed by atoms with van der Waals surface area (Å²) in [4.78, 5) is 0. The molecule has 1 heterocycles. The molecule has 0 fully saturated rings. The fourth-order valence-corrected chi connectivity index (χ4v) is 1.38. The highest BCUT2D eigenvalue weighted by molar-refractivity contribution is 9.07. The molecule has 0 N–H and O–H groups in total. The molecule has 0 radical (unpaired) electrons. The van der Waals surface area contributed by atoms with E-state index in [0.717, 1.165) is 19.4 Å². The van der Waals surface area contributed by atoms with Gasteiger partial charge < -0.3 is 0 Å². The van der Waals surface area contributed by atoms with Crippen molar-refractivity contribution >= 4 is 22.5 Å². The van der Waals surface area contributed by atoms with E-state index in [0.29, 0.717) is 0 Å². The number of nitriles is 1. The van der Waals surface area contributed by atoms with Gasteiger partial charge in [-0.3, -0.25) is 8.93 Å². The molecule has 0 spiro atoms. The minimum Gasteiger partial charge on any atom is -0.261 e. The lowest BCUT2D eigenvalue weighted by Gasteiger charge is -2.19. The Morgan fingerprint density at radius 1 is 1.75 bits per heavy atom. The molecule has 5 heteroatoms. The van der Waals surface area contributed by atoms with Gasteiger partial charge in [-0.2, -0.15) is 10.4 Å². The van der Waals surface area contributed by atoms with Crippen LogP contribution in [0.2, 0.25) is 0 Å². The van der Waals surface area contributed by atoms with Crippen LogP contribution >= 0.6 is 16.1 Å². The smallest absolute Gasteiger partial charge is 0.217 e. The molecule has 12 heavy (non-hydrogen) atoms. The first-order valence-electron chi connectivity index (χ1n) is 3.94. The van der Waals surface area contributed by atoms with Crippen molar-refractivity contribution in [2.24, 2.45) is 5.10 Å². The summed E-state index contributed by atoms with van der Waals surface area (Å²) in [5.74, 6) is 0. The van der Waals surface area contributed by atoms with E-state index in [1.54, 1.807) is 15.3 Å². The van der Waals surface area contributed by atoms with Crippen molar-refractivity contribution < 1.29 is 0 Å². The predicted octanol–water partition coefficient (Wildman–Crippen LogP) is 1.51. The Balaban J connectivity index is 2.45. The molecule has 0 aromatic carbocycles. The van der Waals surface area contributed by atoms with E-state index in [2.05, 4.69) is 34.2 Å². The van der Waals surface area contributed by atoms with E-state index in [1.165, 1.54) is 0 Å². The van der Waals surface area contributed by atoms with E-state index < -0.39 is 0 Å². The summed E-state index contributed by atoms with van der Waals surface area (Å²) >= 11 is 3.22. The minimum absolute atomic E-state index is 0.281. The van der Waals surface area contributed by atoms with Gasteiger partial charge in [0.05, 0.1) is 16.1 Å². The average Bonchev–Trinajstić information content (AvgIpc) is 2.43. The van der Waals surface area contributed by atoms with E-state index in [1.807, 2.05) is 0 Å². The number of halogens is 1. The number of rotatable bonds is 3. The summed E-state index contributed by atoms with van der Waals surface area (Å²) in [5.41, 5.74) is 0. The normalized spacial score (nSPS) is 21.6. The van der Waals surface area contributed by atoms with Gasteiger partial charge >= 0.3 is 0 Å². The average molecular weight is 231 g/mol. The third kappa shape index (κ3) is 1.89. The number of unbranched alkanes of at least 4 members (excludes halogenated alkanes) is 1. The standard InChI is InChI=1S/C7H11BrN4/c1-2-3-4-12-7(5-9)11(8)6-10-12/h6-7H,2-4H2,1H3.